The lowest BCUT2D eigenvalue weighted by atomic mass is 9.85. The summed E-state index contributed by atoms with van der Waals surface area (Å²) in [6, 6.07) is 3.83. The van der Waals surface area contributed by atoms with Crippen molar-refractivity contribution in [2.24, 2.45) is 0 Å². The standard InChI is InChI=1S/C11H11F2N/c1-11(2,3)10-8(12)4-7(6-14)5-9(10)13/h4-5H,1-3H3. The molecule has 0 aromatic heterocycles. The van der Waals surface area contributed by atoms with Gasteiger partial charge in [0.25, 0.3) is 0 Å². The Bertz CT molecular complexity index is 374. The van der Waals surface area contributed by atoms with Crippen LogP contribution in [-0.4, -0.2) is 0 Å². The highest BCUT2D eigenvalue weighted by Gasteiger charge is 2.23. The molecule has 0 radical (unpaired) electrons. The molecule has 0 bridgehead atoms. The maximum atomic E-state index is 13.4. The predicted octanol–water partition coefficient (Wildman–Crippen LogP) is 3.13. The van der Waals surface area contributed by atoms with E-state index in [4.69, 9.17) is 5.26 Å². The first-order valence-corrected chi connectivity index (χ1v) is 4.26. The first-order chi connectivity index (χ1) is 6.36. The Morgan fingerprint density at radius 2 is 1.57 bits per heavy atom. The summed E-state index contributed by atoms with van der Waals surface area (Å²) in [5.41, 5.74) is -0.563. The highest BCUT2D eigenvalue weighted by atomic mass is 19.1. The zero-order chi connectivity index (χ0) is 10.9. The van der Waals surface area contributed by atoms with E-state index < -0.39 is 17.0 Å². The molecule has 0 heterocycles. The van der Waals surface area contributed by atoms with E-state index in [0.29, 0.717) is 0 Å². The van der Waals surface area contributed by atoms with Crippen molar-refractivity contribution in [1.29, 1.82) is 5.26 Å². The molecule has 14 heavy (non-hydrogen) atoms. The van der Waals surface area contributed by atoms with E-state index in [2.05, 4.69) is 0 Å². The largest absolute Gasteiger partial charge is 0.207 e. The molecule has 1 aromatic carbocycles. The van der Waals surface area contributed by atoms with Crippen molar-refractivity contribution in [2.45, 2.75) is 26.2 Å². The molecule has 1 nitrogen and oxygen atoms in total. The number of rotatable bonds is 0. The average molecular weight is 195 g/mol. The summed E-state index contributed by atoms with van der Waals surface area (Å²) >= 11 is 0. The van der Waals surface area contributed by atoms with Crippen molar-refractivity contribution in [1.82, 2.24) is 0 Å². The van der Waals surface area contributed by atoms with Gasteiger partial charge in [-0.3, -0.25) is 0 Å². The number of hydrogen-bond donors (Lipinski definition) is 0. The normalized spacial score (nSPS) is 11.1. The quantitative estimate of drug-likeness (QED) is 0.623. The third-order valence-corrected chi connectivity index (χ3v) is 1.92. The van der Waals surface area contributed by atoms with Gasteiger partial charge in [0.1, 0.15) is 11.6 Å². The van der Waals surface area contributed by atoms with E-state index in [1.165, 1.54) is 0 Å². The molecular weight excluding hydrogens is 184 g/mol. The van der Waals surface area contributed by atoms with Gasteiger partial charge in [-0.25, -0.2) is 8.78 Å². The molecule has 0 spiro atoms. The summed E-state index contributed by atoms with van der Waals surface area (Å²) in [5.74, 6) is -1.32. The molecule has 0 N–H and O–H groups in total. The van der Waals surface area contributed by atoms with E-state index in [0.717, 1.165) is 12.1 Å². The van der Waals surface area contributed by atoms with Crippen LogP contribution < -0.4 is 0 Å². The van der Waals surface area contributed by atoms with Gasteiger partial charge < -0.3 is 0 Å². The molecule has 3 heteroatoms. The number of halogens is 2. The monoisotopic (exact) mass is 195 g/mol. The smallest absolute Gasteiger partial charge is 0.131 e. The van der Waals surface area contributed by atoms with Crippen LogP contribution in [0.25, 0.3) is 0 Å². The zero-order valence-electron chi connectivity index (χ0n) is 8.36. The molecule has 0 amide bonds. The van der Waals surface area contributed by atoms with Gasteiger partial charge in [-0.05, 0) is 17.5 Å². The Morgan fingerprint density at radius 3 is 1.86 bits per heavy atom. The van der Waals surface area contributed by atoms with E-state index in [-0.39, 0.29) is 11.1 Å². The lowest BCUT2D eigenvalue weighted by Crippen LogP contribution is -2.16. The molecule has 0 atom stereocenters. The number of nitriles is 1. The summed E-state index contributed by atoms with van der Waals surface area (Å²) in [7, 11) is 0. The van der Waals surface area contributed by atoms with Crippen LogP contribution in [0.3, 0.4) is 0 Å². The molecule has 0 saturated carbocycles. The van der Waals surface area contributed by atoms with Gasteiger partial charge in [-0.15, -0.1) is 0 Å². The first kappa shape index (κ1) is 10.6. The van der Waals surface area contributed by atoms with Gasteiger partial charge in [0.05, 0.1) is 11.6 Å². The minimum atomic E-state index is -0.658. The second-order valence-electron chi connectivity index (χ2n) is 4.18. The van der Waals surface area contributed by atoms with Crippen molar-refractivity contribution < 1.29 is 8.78 Å². The van der Waals surface area contributed by atoms with E-state index in [1.807, 2.05) is 0 Å². The lowest BCUT2D eigenvalue weighted by molar-refractivity contribution is 0.475. The molecule has 0 saturated heterocycles. The van der Waals surface area contributed by atoms with Gasteiger partial charge in [0.15, 0.2) is 0 Å². The fourth-order valence-corrected chi connectivity index (χ4v) is 1.35. The Labute approximate surface area is 82.0 Å². The second kappa shape index (κ2) is 3.38. The van der Waals surface area contributed by atoms with E-state index in [9.17, 15) is 8.78 Å². The number of benzene rings is 1. The Morgan fingerprint density at radius 1 is 1.14 bits per heavy atom. The zero-order valence-corrected chi connectivity index (χ0v) is 8.36. The maximum Gasteiger partial charge on any atom is 0.131 e. The fourth-order valence-electron chi connectivity index (χ4n) is 1.35. The van der Waals surface area contributed by atoms with Gasteiger partial charge in [-0.1, -0.05) is 20.8 Å². The Hall–Kier alpha value is -1.43. The number of nitrogens with zero attached hydrogens (tertiary/aromatic N) is 1. The average Bonchev–Trinajstić information content (AvgIpc) is 1.99. The molecule has 0 aliphatic rings. The Balaban J connectivity index is 3.42. The highest BCUT2D eigenvalue weighted by Crippen LogP contribution is 2.28. The molecule has 0 aliphatic heterocycles. The molecule has 0 aliphatic carbocycles. The van der Waals surface area contributed by atoms with Gasteiger partial charge in [0, 0.05) is 5.56 Å². The molecule has 0 fully saturated rings. The van der Waals surface area contributed by atoms with Crippen LogP contribution in [0.2, 0.25) is 0 Å². The van der Waals surface area contributed by atoms with Crippen molar-refractivity contribution in [3.63, 3.8) is 0 Å². The molecular formula is C11H11F2N. The lowest BCUT2D eigenvalue weighted by Gasteiger charge is -2.20. The third kappa shape index (κ3) is 1.90. The fraction of sp³-hybridized carbons (Fsp3) is 0.364. The molecule has 1 rings (SSSR count). The summed E-state index contributed by atoms with van der Waals surface area (Å²) in [4.78, 5) is 0. The van der Waals surface area contributed by atoms with Crippen LogP contribution >= 0.6 is 0 Å². The van der Waals surface area contributed by atoms with Gasteiger partial charge in [-0.2, -0.15) is 5.26 Å². The van der Waals surface area contributed by atoms with Crippen molar-refractivity contribution in [3.05, 3.63) is 34.9 Å². The SMILES string of the molecule is CC(C)(C)c1c(F)cc(C#N)cc1F. The summed E-state index contributed by atoms with van der Waals surface area (Å²) in [6.07, 6.45) is 0. The molecule has 74 valence electrons. The van der Waals surface area contributed by atoms with Crippen molar-refractivity contribution in [3.8, 4) is 6.07 Å². The highest BCUT2D eigenvalue weighted by molar-refractivity contribution is 5.36. The predicted molar refractivity (Wildman–Crippen MR) is 49.8 cm³/mol. The van der Waals surface area contributed by atoms with Gasteiger partial charge in [0.2, 0.25) is 0 Å². The minimum absolute atomic E-state index is 0.00741. The van der Waals surface area contributed by atoms with E-state index in [1.54, 1.807) is 26.8 Å². The maximum absolute atomic E-state index is 13.4. The van der Waals surface area contributed by atoms with Crippen LogP contribution in [-0.2, 0) is 5.41 Å². The molecule has 0 unspecified atom stereocenters. The van der Waals surface area contributed by atoms with Gasteiger partial charge >= 0.3 is 0 Å². The van der Waals surface area contributed by atoms with Crippen LogP contribution in [0.5, 0.6) is 0 Å². The second-order valence-corrected chi connectivity index (χ2v) is 4.18. The minimum Gasteiger partial charge on any atom is -0.207 e. The topological polar surface area (TPSA) is 23.8 Å². The summed E-state index contributed by atoms with van der Waals surface area (Å²) < 4.78 is 26.8. The third-order valence-electron chi connectivity index (χ3n) is 1.92. The van der Waals surface area contributed by atoms with Crippen molar-refractivity contribution >= 4 is 0 Å². The van der Waals surface area contributed by atoms with Crippen LogP contribution in [0.4, 0.5) is 8.78 Å². The summed E-state index contributed by atoms with van der Waals surface area (Å²) in [5, 5.41) is 8.50. The van der Waals surface area contributed by atoms with E-state index >= 15 is 0 Å². The van der Waals surface area contributed by atoms with Crippen molar-refractivity contribution in [2.75, 3.05) is 0 Å². The first-order valence-electron chi connectivity index (χ1n) is 4.26. The van der Waals surface area contributed by atoms with Crippen LogP contribution in [0.15, 0.2) is 12.1 Å². The molecule has 1 aromatic rings. The Kier molecular flexibility index (Phi) is 2.57. The van der Waals surface area contributed by atoms with Crippen LogP contribution in [0, 0.1) is 23.0 Å². The van der Waals surface area contributed by atoms with Crippen LogP contribution in [0.1, 0.15) is 31.9 Å². The number of hydrogen-bond acceptors (Lipinski definition) is 1. The summed E-state index contributed by atoms with van der Waals surface area (Å²) in [6.45, 7) is 5.17.